The second kappa shape index (κ2) is 7.17. The van der Waals surface area contributed by atoms with Gasteiger partial charge in [0.2, 0.25) is 0 Å². The average molecular weight is 280 g/mol. The first-order valence-electron chi connectivity index (χ1n) is 6.91. The van der Waals surface area contributed by atoms with Gasteiger partial charge in [0, 0.05) is 42.9 Å². The Balaban J connectivity index is 1.90. The van der Waals surface area contributed by atoms with Crippen LogP contribution in [0.25, 0.3) is 0 Å². The average Bonchev–Trinajstić information content (AvgIpc) is 3.26. The minimum atomic E-state index is 0.583. The van der Waals surface area contributed by atoms with Crippen molar-refractivity contribution in [2.45, 2.75) is 24.3 Å². The van der Waals surface area contributed by atoms with Crippen molar-refractivity contribution in [1.29, 1.82) is 0 Å². The molecule has 2 N–H and O–H groups in total. The van der Waals surface area contributed by atoms with E-state index >= 15 is 0 Å². The molecule has 0 aromatic heterocycles. The van der Waals surface area contributed by atoms with Crippen LogP contribution in [0.5, 0.6) is 0 Å². The van der Waals surface area contributed by atoms with E-state index in [0.717, 1.165) is 25.7 Å². The summed E-state index contributed by atoms with van der Waals surface area (Å²) in [6.07, 6.45) is 4.79. The van der Waals surface area contributed by atoms with Crippen molar-refractivity contribution in [2.24, 2.45) is 11.7 Å². The van der Waals surface area contributed by atoms with Crippen LogP contribution < -0.4 is 10.6 Å². The molecular weight excluding hydrogens is 256 g/mol. The molecule has 0 aliphatic heterocycles. The van der Waals surface area contributed by atoms with Gasteiger partial charge in [-0.05, 0) is 37.1 Å². The fraction of sp³-hybridized carbons (Fsp3) is 0.600. The standard InChI is InChI=1S/C15H24N2OS/c1-17(8-9-18-11-12-6-7-12)14-4-3-5-15(19-2)13(14)10-16/h3-5,12H,6-11,16H2,1-2H3. The van der Waals surface area contributed by atoms with Crippen molar-refractivity contribution in [1.82, 2.24) is 0 Å². The van der Waals surface area contributed by atoms with Crippen LogP contribution in [-0.2, 0) is 11.3 Å². The minimum absolute atomic E-state index is 0.583. The third kappa shape index (κ3) is 4.13. The van der Waals surface area contributed by atoms with Crippen LogP contribution in [0.1, 0.15) is 18.4 Å². The van der Waals surface area contributed by atoms with Gasteiger partial charge < -0.3 is 15.4 Å². The maximum Gasteiger partial charge on any atom is 0.0641 e. The molecule has 19 heavy (non-hydrogen) atoms. The van der Waals surface area contributed by atoms with Crippen molar-refractivity contribution < 1.29 is 4.74 Å². The Morgan fingerprint density at radius 2 is 2.21 bits per heavy atom. The number of benzene rings is 1. The third-order valence-electron chi connectivity index (χ3n) is 3.57. The molecule has 1 fully saturated rings. The van der Waals surface area contributed by atoms with Crippen LogP contribution in [0.15, 0.2) is 23.1 Å². The summed E-state index contributed by atoms with van der Waals surface area (Å²) in [5.41, 5.74) is 8.36. The second-order valence-corrected chi connectivity index (χ2v) is 5.95. The van der Waals surface area contributed by atoms with Crippen LogP contribution in [0, 0.1) is 5.92 Å². The summed E-state index contributed by atoms with van der Waals surface area (Å²) in [5, 5.41) is 0. The van der Waals surface area contributed by atoms with Crippen molar-refractivity contribution in [3.8, 4) is 0 Å². The number of rotatable bonds is 8. The molecule has 0 bridgehead atoms. The van der Waals surface area contributed by atoms with Gasteiger partial charge in [-0.3, -0.25) is 0 Å². The highest BCUT2D eigenvalue weighted by Crippen LogP contribution is 2.29. The number of hydrogen-bond acceptors (Lipinski definition) is 4. The van der Waals surface area contributed by atoms with E-state index in [2.05, 4.69) is 36.4 Å². The van der Waals surface area contributed by atoms with Crippen LogP contribution in [0.2, 0.25) is 0 Å². The molecule has 3 nitrogen and oxygen atoms in total. The SMILES string of the molecule is CSc1cccc(N(C)CCOCC2CC2)c1CN. The number of nitrogens with two attached hydrogens (primary N) is 1. The molecule has 106 valence electrons. The fourth-order valence-electron chi connectivity index (χ4n) is 2.16. The van der Waals surface area contributed by atoms with Crippen LogP contribution in [0.4, 0.5) is 5.69 Å². The Bertz CT molecular complexity index is 407. The number of ether oxygens (including phenoxy) is 1. The normalized spacial score (nSPS) is 14.7. The summed E-state index contributed by atoms with van der Waals surface area (Å²) in [6, 6.07) is 6.37. The van der Waals surface area contributed by atoms with E-state index in [1.165, 1.54) is 29.0 Å². The molecule has 0 saturated heterocycles. The number of likely N-dealkylation sites (N-methyl/N-ethyl adjacent to an activating group) is 1. The zero-order valence-corrected chi connectivity index (χ0v) is 12.7. The fourth-order valence-corrected chi connectivity index (χ4v) is 2.81. The van der Waals surface area contributed by atoms with Crippen molar-refractivity contribution in [2.75, 3.05) is 38.0 Å². The van der Waals surface area contributed by atoms with Gasteiger partial charge >= 0.3 is 0 Å². The van der Waals surface area contributed by atoms with Gasteiger partial charge in [-0.15, -0.1) is 11.8 Å². The lowest BCUT2D eigenvalue weighted by Crippen LogP contribution is -2.24. The van der Waals surface area contributed by atoms with Gasteiger partial charge in [0.15, 0.2) is 0 Å². The molecule has 1 aromatic carbocycles. The maximum atomic E-state index is 5.90. The van der Waals surface area contributed by atoms with Crippen LogP contribution in [-0.4, -0.2) is 33.1 Å². The highest BCUT2D eigenvalue weighted by atomic mass is 32.2. The number of nitrogens with zero attached hydrogens (tertiary/aromatic N) is 1. The molecule has 4 heteroatoms. The summed E-state index contributed by atoms with van der Waals surface area (Å²) >= 11 is 1.75. The van der Waals surface area contributed by atoms with Gasteiger partial charge in [-0.2, -0.15) is 0 Å². The van der Waals surface area contributed by atoms with Gasteiger partial charge in [-0.1, -0.05) is 6.07 Å². The van der Waals surface area contributed by atoms with E-state index < -0.39 is 0 Å². The first-order valence-corrected chi connectivity index (χ1v) is 8.13. The predicted octanol–water partition coefficient (Wildman–Crippen LogP) is 2.73. The number of thioether (sulfide) groups is 1. The Labute approximate surface area is 120 Å². The highest BCUT2D eigenvalue weighted by Gasteiger charge is 2.21. The monoisotopic (exact) mass is 280 g/mol. The lowest BCUT2D eigenvalue weighted by molar-refractivity contribution is 0.131. The molecule has 1 aliphatic carbocycles. The summed E-state index contributed by atoms with van der Waals surface area (Å²) in [6.45, 7) is 3.22. The molecule has 0 radical (unpaired) electrons. The minimum Gasteiger partial charge on any atom is -0.379 e. The van der Waals surface area contributed by atoms with Crippen molar-refractivity contribution in [3.63, 3.8) is 0 Å². The number of hydrogen-bond donors (Lipinski definition) is 1. The first-order chi connectivity index (χ1) is 9.26. The number of anilines is 1. The van der Waals surface area contributed by atoms with Gasteiger partial charge in [0.25, 0.3) is 0 Å². The molecule has 0 amide bonds. The molecular formula is C15H24N2OS. The van der Waals surface area contributed by atoms with Crippen LogP contribution in [0.3, 0.4) is 0 Å². The Morgan fingerprint density at radius 1 is 1.42 bits per heavy atom. The third-order valence-corrected chi connectivity index (χ3v) is 4.39. The van der Waals surface area contributed by atoms with E-state index in [1.807, 2.05) is 0 Å². The zero-order valence-electron chi connectivity index (χ0n) is 11.9. The van der Waals surface area contributed by atoms with Gasteiger partial charge in [0.05, 0.1) is 6.61 Å². The molecule has 1 saturated carbocycles. The van der Waals surface area contributed by atoms with Crippen molar-refractivity contribution >= 4 is 17.4 Å². The molecule has 1 aliphatic rings. The van der Waals surface area contributed by atoms with E-state index in [9.17, 15) is 0 Å². The largest absolute Gasteiger partial charge is 0.379 e. The van der Waals surface area contributed by atoms with E-state index in [0.29, 0.717) is 6.54 Å². The second-order valence-electron chi connectivity index (χ2n) is 5.10. The molecule has 1 aromatic rings. The van der Waals surface area contributed by atoms with Crippen LogP contribution >= 0.6 is 11.8 Å². The molecule has 0 spiro atoms. The lowest BCUT2D eigenvalue weighted by atomic mass is 10.1. The van der Waals surface area contributed by atoms with E-state index in [1.54, 1.807) is 11.8 Å². The van der Waals surface area contributed by atoms with E-state index in [-0.39, 0.29) is 0 Å². The quantitative estimate of drug-likeness (QED) is 0.587. The summed E-state index contributed by atoms with van der Waals surface area (Å²) in [5.74, 6) is 0.838. The lowest BCUT2D eigenvalue weighted by Gasteiger charge is -2.23. The summed E-state index contributed by atoms with van der Waals surface area (Å²) < 4.78 is 5.70. The maximum absolute atomic E-state index is 5.90. The Morgan fingerprint density at radius 3 is 2.84 bits per heavy atom. The summed E-state index contributed by atoms with van der Waals surface area (Å²) in [7, 11) is 2.11. The van der Waals surface area contributed by atoms with E-state index in [4.69, 9.17) is 10.5 Å². The zero-order chi connectivity index (χ0) is 13.7. The summed E-state index contributed by atoms with van der Waals surface area (Å²) in [4.78, 5) is 3.51. The van der Waals surface area contributed by atoms with Gasteiger partial charge in [-0.25, -0.2) is 0 Å². The molecule has 2 rings (SSSR count). The smallest absolute Gasteiger partial charge is 0.0641 e. The van der Waals surface area contributed by atoms with Gasteiger partial charge in [0.1, 0.15) is 0 Å². The molecule has 0 heterocycles. The predicted molar refractivity (Wildman–Crippen MR) is 82.9 cm³/mol. The Kier molecular flexibility index (Phi) is 5.55. The first kappa shape index (κ1) is 14.7. The topological polar surface area (TPSA) is 38.5 Å². The Hall–Kier alpha value is -0.710. The molecule has 0 unspecified atom stereocenters. The molecule has 0 atom stereocenters. The highest BCUT2D eigenvalue weighted by molar-refractivity contribution is 7.98. The van der Waals surface area contributed by atoms with Crippen molar-refractivity contribution in [3.05, 3.63) is 23.8 Å².